The van der Waals surface area contributed by atoms with E-state index < -0.39 is 0 Å². The van der Waals surface area contributed by atoms with Crippen LogP contribution in [0.2, 0.25) is 0 Å². The molecule has 0 fully saturated rings. The summed E-state index contributed by atoms with van der Waals surface area (Å²) in [5.41, 5.74) is 15.1. The van der Waals surface area contributed by atoms with E-state index in [4.69, 9.17) is 9.97 Å². The third kappa shape index (κ3) is 7.69. The molecule has 0 amide bonds. The molecule has 4 aromatic heterocycles. The van der Waals surface area contributed by atoms with Crippen molar-refractivity contribution in [3.05, 3.63) is 179 Å². The number of aromatic hydroxyl groups is 1. The zero-order valence-corrected chi connectivity index (χ0v) is 40.5. The van der Waals surface area contributed by atoms with E-state index in [2.05, 4.69) is 187 Å². The number of thiophene rings is 1. The van der Waals surface area contributed by atoms with Gasteiger partial charge in [0.1, 0.15) is 5.75 Å². The van der Waals surface area contributed by atoms with Crippen molar-refractivity contribution in [2.24, 2.45) is 0 Å². The van der Waals surface area contributed by atoms with Crippen molar-refractivity contribution in [1.29, 1.82) is 0 Å². The number of hydrogen-bond donors (Lipinski definition) is 1. The molecule has 64 heavy (non-hydrogen) atoms. The van der Waals surface area contributed by atoms with Gasteiger partial charge in [0.2, 0.25) is 0 Å². The number of phenolic OH excluding ortho intramolecular Hbond substituents is 1. The van der Waals surface area contributed by atoms with Gasteiger partial charge in [-0.15, -0.1) is 35.6 Å². The maximum absolute atomic E-state index is 11.1. The summed E-state index contributed by atoms with van der Waals surface area (Å²) in [6, 6.07) is 55.0. The third-order valence-electron chi connectivity index (χ3n) is 12.4. The predicted molar refractivity (Wildman–Crippen MR) is 266 cm³/mol. The minimum absolute atomic E-state index is 0. The van der Waals surface area contributed by atoms with Crippen LogP contribution >= 0.6 is 11.3 Å². The molecule has 10 aromatic rings. The number of fused-ring (bicyclic) bond motifs is 4. The molecule has 0 radical (unpaired) electrons. The van der Waals surface area contributed by atoms with E-state index in [1.165, 1.54) is 59.1 Å². The van der Waals surface area contributed by atoms with Gasteiger partial charge in [-0.3, -0.25) is 9.97 Å². The molecule has 0 saturated heterocycles. The van der Waals surface area contributed by atoms with Gasteiger partial charge in [0.25, 0.3) is 0 Å². The van der Waals surface area contributed by atoms with Crippen LogP contribution in [0.5, 0.6) is 5.75 Å². The summed E-state index contributed by atoms with van der Waals surface area (Å²) in [6.07, 6.45) is 1.91. The van der Waals surface area contributed by atoms with Crippen molar-refractivity contribution < 1.29 is 26.2 Å². The standard InChI is InChI=1S/C58H50N3OS.Pt/c1-35-44-20-15-24-53(55(44)36(2)63-35)61-52-23-11-9-18-46(52)47-22-14-21-45(56(47)61)37-26-27-59-49(31-37)38-16-13-17-39(28-38)50-32-41(33-51(60-50)48-19-10-12-25-54(48)62)40-29-42(57(3,4)5)34-43(30-40)58(6,7)8;/h9-27,29-34,62H,1-8H3;/q-1;. The van der Waals surface area contributed by atoms with Crippen LogP contribution in [0.15, 0.2) is 152 Å². The van der Waals surface area contributed by atoms with Crippen molar-refractivity contribution >= 4 is 43.9 Å². The molecule has 1 N–H and O–H groups in total. The molecular weight excluding hydrogens is 982 g/mol. The largest absolute Gasteiger partial charge is 0.507 e. The summed E-state index contributed by atoms with van der Waals surface area (Å²) in [5, 5.41) is 16.1. The Hall–Kier alpha value is -6.13. The second-order valence-electron chi connectivity index (χ2n) is 18.8. The Bertz CT molecular complexity index is 3380. The molecule has 0 aliphatic rings. The molecule has 0 saturated carbocycles. The van der Waals surface area contributed by atoms with Crippen molar-refractivity contribution in [2.75, 3.05) is 0 Å². The van der Waals surface area contributed by atoms with E-state index in [0.29, 0.717) is 11.3 Å². The monoisotopic (exact) mass is 1030 g/mol. The van der Waals surface area contributed by atoms with Gasteiger partial charge < -0.3 is 9.67 Å². The first-order valence-electron chi connectivity index (χ1n) is 21.7. The Morgan fingerprint density at radius 1 is 0.547 bits per heavy atom. The summed E-state index contributed by atoms with van der Waals surface area (Å²) in [7, 11) is 0. The third-order valence-corrected chi connectivity index (χ3v) is 13.5. The fourth-order valence-corrected chi connectivity index (χ4v) is 10.1. The number of aromatic nitrogens is 3. The van der Waals surface area contributed by atoms with Crippen molar-refractivity contribution in [3.63, 3.8) is 0 Å². The van der Waals surface area contributed by atoms with Crippen molar-refractivity contribution in [1.82, 2.24) is 14.5 Å². The molecular formula is C58H50N3OPtS-. The molecule has 0 aliphatic heterocycles. The Morgan fingerprint density at radius 2 is 1.14 bits per heavy atom. The molecule has 320 valence electrons. The summed E-state index contributed by atoms with van der Waals surface area (Å²) < 4.78 is 2.47. The minimum atomic E-state index is -0.0473. The zero-order valence-electron chi connectivity index (χ0n) is 37.4. The molecule has 0 bridgehead atoms. The van der Waals surface area contributed by atoms with Gasteiger partial charge in [0.15, 0.2) is 0 Å². The normalized spacial score (nSPS) is 12.0. The number of pyridine rings is 2. The molecule has 10 rings (SSSR count). The van der Waals surface area contributed by atoms with Gasteiger partial charge in [-0.1, -0.05) is 144 Å². The number of rotatable bonds is 6. The maximum Gasteiger partial charge on any atom is 0.124 e. The summed E-state index contributed by atoms with van der Waals surface area (Å²) in [5.74, 6) is 0.192. The Morgan fingerprint density at radius 3 is 1.89 bits per heavy atom. The van der Waals surface area contributed by atoms with E-state index in [-0.39, 0.29) is 37.6 Å². The average molecular weight is 1030 g/mol. The van der Waals surface area contributed by atoms with Crippen LogP contribution in [0.3, 0.4) is 0 Å². The van der Waals surface area contributed by atoms with E-state index in [1.807, 2.05) is 35.7 Å². The van der Waals surface area contributed by atoms with E-state index in [1.54, 1.807) is 6.07 Å². The molecule has 0 unspecified atom stereocenters. The number of benzene rings is 6. The van der Waals surface area contributed by atoms with Crippen LogP contribution in [0.1, 0.15) is 62.4 Å². The van der Waals surface area contributed by atoms with Crippen LogP contribution < -0.4 is 0 Å². The first-order chi connectivity index (χ1) is 30.2. The van der Waals surface area contributed by atoms with Crippen LogP contribution in [0, 0.1) is 19.9 Å². The topological polar surface area (TPSA) is 50.9 Å². The maximum atomic E-state index is 11.1. The van der Waals surface area contributed by atoms with Gasteiger partial charge in [-0.25, -0.2) is 0 Å². The smallest absolute Gasteiger partial charge is 0.124 e. The molecule has 0 atom stereocenters. The van der Waals surface area contributed by atoms with E-state index >= 15 is 0 Å². The number of aryl methyl sites for hydroxylation is 2. The predicted octanol–water partition coefficient (Wildman–Crippen LogP) is 15.8. The molecule has 0 spiro atoms. The van der Waals surface area contributed by atoms with Gasteiger partial charge in [0.05, 0.1) is 22.4 Å². The quantitative estimate of drug-likeness (QED) is 0.169. The molecule has 6 aromatic carbocycles. The second-order valence-corrected chi connectivity index (χ2v) is 20.2. The number of para-hydroxylation sites is 3. The van der Waals surface area contributed by atoms with E-state index in [0.717, 1.165) is 44.8 Å². The SMILES string of the molecule is Cc1sc(C)c2c(-n3c4ccccc4c4cccc(-c5ccnc(-c6[c-]c(-c7cc(-c8cc(C(C)(C)C)cc(C(C)(C)C)c8)cc(-c8ccccc8O)n7)ccc6)c5)c43)cccc12.[Pt]. The van der Waals surface area contributed by atoms with Crippen molar-refractivity contribution in [3.8, 4) is 67.5 Å². The first-order valence-corrected chi connectivity index (χ1v) is 22.5. The Kier molecular flexibility index (Phi) is 11.1. The molecule has 4 heterocycles. The number of hydrogen-bond acceptors (Lipinski definition) is 4. The number of nitrogens with zero attached hydrogens (tertiary/aromatic N) is 3. The fraction of sp³-hybridized carbons (Fsp3) is 0.172. The van der Waals surface area contributed by atoms with Gasteiger partial charge in [-0.2, -0.15) is 0 Å². The van der Waals surface area contributed by atoms with Gasteiger partial charge in [-0.05, 0) is 94.3 Å². The molecule has 4 nitrogen and oxygen atoms in total. The van der Waals surface area contributed by atoms with E-state index in [9.17, 15) is 5.11 Å². The van der Waals surface area contributed by atoms with Crippen molar-refractivity contribution in [2.45, 2.75) is 66.2 Å². The minimum Gasteiger partial charge on any atom is -0.507 e. The summed E-state index contributed by atoms with van der Waals surface area (Å²) in [4.78, 5) is 12.8. The van der Waals surface area contributed by atoms with Gasteiger partial charge >= 0.3 is 0 Å². The van der Waals surface area contributed by atoms with Crippen LogP contribution in [-0.2, 0) is 31.9 Å². The molecule has 6 heteroatoms. The summed E-state index contributed by atoms with van der Waals surface area (Å²) in [6.45, 7) is 18.0. The van der Waals surface area contributed by atoms with Crippen LogP contribution in [0.25, 0.3) is 94.3 Å². The zero-order chi connectivity index (χ0) is 43.8. The van der Waals surface area contributed by atoms with Crippen LogP contribution in [0.4, 0.5) is 0 Å². The summed E-state index contributed by atoms with van der Waals surface area (Å²) >= 11 is 1.87. The first kappa shape index (κ1) is 43.1. The second kappa shape index (κ2) is 16.5. The van der Waals surface area contributed by atoms with Crippen LogP contribution in [-0.4, -0.2) is 19.6 Å². The average Bonchev–Trinajstić information content (AvgIpc) is 3.78. The fourth-order valence-electron chi connectivity index (χ4n) is 9.06. The number of phenols is 1. The Labute approximate surface area is 394 Å². The molecule has 0 aliphatic carbocycles. The van der Waals surface area contributed by atoms with Gasteiger partial charge in [0, 0.05) is 75.7 Å². The Balaban J connectivity index is 0.00000518.